The van der Waals surface area contributed by atoms with Crippen molar-refractivity contribution < 1.29 is 29.5 Å². The smallest absolute Gasteiger partial charge is 0.257 e. The number of phenolic OH excluding ortho intramolecular Hbond substituents is 1. The van der Waals surface area contributed by atoms with Gasteiger partial charge in [0.1, 0.15) is 5.75 Å². The minimum absolute atomic E-state index is 0.0437. The Hall–Kier alpha value is -3.78. The van der Waals surface area contributed by atoms with Gasteiger partial charge in [0.25, 0.3) is 11.8 Å². The highest BCUT2D eigenvalue weighted by molar-refractivity contribution is 6.24. The van der Waals surface area contributed by atoms with E-state index in [2.05, 4.69) is 0 Å². The van der Waals surface area contributed by atoms with Gasteiger partial charge in [0.2, 0.25) is 11.8 Å². The summed E-state index contributed by atoms with van der Waals surface area (Å²) in [6.07, 6.45) is 2.33. The van der Waals surface area contributed by atoms with Crippen LogP contribution >= 0.6 is 0 Å². The van der Waals surface area contributed by atoms with Crippen molar-refractivity contribution in [1.82, 2.24) is 5.06 Å². The molecule has 184 valence electrons. The van der Waals surface area contributed by atoms with E-state index in [1.807, 2.05) is 6.08 Å². The number of hydroxylamine groups is 2. The third kappa shape index (κ3) is 2.73. The molecule has 8 heteroatoms. The summed E-state index contributed by atoms with van der Waals surface area (Å²) < 4.78 is 0. The molecule has 2 aromatic rings. The minimum Gasteiger partial charge on any atom is -0.507 e. The van der Waals surface area contributed by atoms with E-state index in [4.69, 9.17) is 0 Å². The summed E-state index contributed by atoms with van der Waals surface area (Å²) in [5.41, 5.74) is 1.18. The number of carbonyl (C=O) groups excluding carboxylic acids is 4. The number of hydrogen-bond acceptors (Lipinski definition) is 6. The lowest BCUT2D eigenvalue weighted by atomic mass is 9.51. The first-order valence-corrected chi connectivity index (χ1v) is 12.2. The Kier molecular flexibility index (Phi) is 4.79. The molecule has 0 radical (unpaired) electrons. The van der Waals surface area contributed by atoms with Crippen molar-refractivity contribution in [3.63, 3.8) is 0 Å². The van der Waals surface area contributed by atoms with Gasteiger partial charge in [-0.15, -0.1) is 0 Å². The maximum Gasteiger partial charge on any atom is 0.257 e. The molecule has 2 aliphatic heterocycles. The summed E-state index contributed by atoms with van der Waals surface area (Å²) >= 11 is 0. The molecule has 0 unspecified atom stereocenters. The SMILES string of the molecule is Cc1cccc([C@H]2C3=CC[C@@H]4C(=O)N(O)C(=O)[C@@H]4[C@@H]3C[C@H]3C(=O)N(c4ccccc4)C(=O)[C@@]23C)c1O. The number of anilines is 1. The van der Waals surface area contributed by atoms with Gasteiger partial charge >= 0.3 is 0 Å². The molecule has 4 aliphatic rings. The van der Waals surface area contributed by atoms with Gasteiger partial charge in [0.05, 0.1) is 28.9 Å². The fourth-order valence-electron chi connectivity index (χ4n) is 7.08. The lowest BCUT2D eigenvalue weighted by Crippen LogP contribution is -2.48. The van der Waals surface area contributed by atoms with Gasteiger partial charge in [0, 0.05) is 11.5 Å². The van der Waals surface area contributed by atoms with Gasteiger partial charge in [0.15, 0.2) is 0 Å². The van der Waals surface area contributed by atoms with Crippen LogP contribution in [0.4, 0.5) is 5.69 Å². The fourth-order valence-corrected chi connectivity index (χ4v) is 7.08. The van der Waals surface area contributed by atoms with Gasteiger partial charge in [-0.05, 0) is 50.3 Å². The minimum atomic E-state index is -1.21. The molecule has 6 atom stereocenters. The highest BCUT2D eigenvalue weighted by Gasteiger charge is 2.67. The molecule has 0 aromatic heterocycles. The molecular weight excluding hydrogens is 460 g/mol. The van der Waals surface area contributed by atoms with Crippen LogP contribution in [-0.4, -0.2) is 39.0 Å². The van der Waals surface area contributed by atoms with E-state index in [1.165, 1.54) is 4.90 Å². The van der Waals surface area contributed by atoms with Gasteiger partial charge in [-0.2, -0.15) is 5.06 Å². The molecule has 2 aromatic carbocycles. The second kappa shape index (κ2) is 7.61. The van der Waals surface area contributed by atoms with Gasteiger partial charge in [-0.3, -0.25) is 24.4 Å². The standard InChI is InChI=1S/C28H26N2O6/c1-14-7-6-10-18(23(14)31)22-16-11-12-17-21(26(34)30(36)24(17)32)19(16)13-20-25(33)29(27(35)28(20,22)2)15-8-4-3-5-9-15/h3-11,17,19-22,31,36H,12-13H2,1-2H3/t17-,19+,20-,21-,22+,28+/m0/s1. The summed E-state index contributed by atoms with van der Waals surface area (Å²) in [5, 5.41) is 21.4. The third-order valence-electron chi connectivity index (χ3n) is 8.85. The average Bonchev–Trinajstić information content (AvgIpc) is 3.21. The van der Waals surface area contributed by atoms with Crippen LogP contribution in [0.15, 0.2) is 60.2 Å². The predicted octanol–water partition coefficient (Wildman–Crippen LogP) is 3.32. The molecule has 36 heavy (non-hydrogen) atoms. The predicted molar refractivity (Wildman–Crippen MR) is 128 cm³/mol. The number of para-hydroxylation sites is 2. The molecule has 0 spiro atoms. The van der Waals surface area contributed by atoms with Crippen LogP contribution in [0.2, 0.25) is 0 Å². The van der Waals surface area contributed by atoms with E-state index in [1.54, 1.807) is 62.4 Å². The zero-order valence-electron chi connectivity index (χ0n) is 19.9. The normalized spacial score (nSPS) is 33.4. The summed E-state index contributed by atoms with van der Waals surface area (Å²) in [7, 11) is 0. The second-order valence-electron chi connectivity index (χ2n) is 10.5. The Morgan fingerprint density at radius 1 is 0.917 bits per heavy atom. The van der Waals surface area contributed by atoms with Crippen molar-refractivity contribution in [1.29, 1.82) is 0 Å². The first-order valence-electron chi connectivity index (χ1n) is 12.2. The van der Waals surface area contributed by atoms with E-state index in [0.29, 0.717) is 16.8 Å². The van der Waals surface area contributed by atoms with Crippen LogP contribution in [0.5, 0.6) is 5.75 Å². The molecular formula is C28H26N2O6. The number of carbonyl (C=O) groups is 4. The largest absolute Gasteiger partial charge is 0.507 e. The number of allylic oxidation sites excluding steroid dienone is 2. The van der Waals surface area contributed by atoms with Gasteiger partial charge in [-0.1, -0.05) is 48.0 Å². The zero-order valence-corrected chi connectivity index (χ0v) is 19.9. The molecule has 6 rings (SSSR count). The van der Waals surface area contributed by atoms with Crippen molar-refractivity contribution in [3.8, 4) is 5.75 Å². The number of aryl methyl sites for hydroxylation is 1. The Morgan fingerprint density at radius 3 is 2.36 bits per heavy atom. The number of nitrogens with zero attached hydrogens (tertiary/aromatic N) is 2. The molecule has 3 fully saturated rings. The van der Waals surface area contributed by atoms with Crippen molar-refractivity contribution in [3.05, 3.63) is 71.3 Å². The highest BCUT2D eigenvalue weighted by atomic mass is 16.5. The number of benzene rings is 2. The van der Waals surface area contributed by atoms with Crippen molar-refractivity contribution >= 4 is 29.3 Å². The number of aromatic hydroxyl groups is 1. The van der Waals surface area contributed by atoms with Crippen LogP contribution < -0.4 is 4.90 Å². The molecule has 2 N–H and O–H groups in total. The van der Waals surface area contributed by atoms with Crippen LogP contribution in [0, 0.1) is 36.0 Å². The van der Waals surface area contributed by atoms with Crippen LogP contribution in [0.25, 0.3) is 0 Å². The lowest BCUT2D eigenvalue weighted by Gasteiger charge is -2.49. The van der Waals surface area contributed by atoms with E-state index in [9.17, 15) is 29.5 Å². The van der Waals surface area contributed by atoms with Crippen molar-refractivity contribution in [2.45, 2.75) is 32.6 Å². The summed E-state index contributed by atoms with van der Waals surface area (Å²) in [6.45, 7) is 3.54. The van der Waals surface area contributed by atoms with Crippen molar-refractivity contribution in [2.24, 2.45) is 29.1 Å². The first kappa shape index (κ1) is 22.7. The topological polar surface area (TPSA) is 115 Å². The molecule has 2 aliphatic carbocycles. The third-order valence-corrected chi connectivity index (χ3v) is 8.85. The monoisotopic (exact) mass is 486 g/mol. The lowest BCUT2D eigenvalue weighted by molar-refractivity contribution is -0.173. The molecule has 2 heterocycles. The molecule has 0 bridgehead atoms. The zero-order chi connectivity index (χ0) is 25.5. The Labute approximate surface area is 207 Å². The highest BCUT2D eigenvalue weighted by Crippen LogP contribution is 2.64. The maximum absolute atomic E-state index is 14.1. The quantitative estimate of drug-likeness (QED) is 0.382. The molecule has 1 saturated carbocycles. The number of imide groups is 2. The molecule has 8 nitrogen and oxygen atoms in total. The van der Waals surface area contributed by atoms with Crippen LogP contribution in [0.3, 0.4) is 0 Å². The summed E-state index contributed by atoms with van der Waals surface area (Å²) in [5.74, 6) is -5.46. The molecule has 4 amide bonds. The molecule has 2 saturated heterocycles. The second-order valence-corrected chi connectivity index (χ2v) is 10.5. The van der Waals surface area contributed by atoms with Crippen molar-refractivity contribution in [2.75, 3.05) is 4.90 Å². The summed E-state index contributed by atoms with van der Waals surface area (Å²) in [4.78, 5) is 54.8. The fraction of sp³-hybridized carbons (Fsp3) is 0.357. The number of phenols is 1. The number of rotatable bonds is 2. The van der Waals surface area contributed by atoms with E-state index >= 15 is 0 Å². The van der Waals surface area contributed by atoms with Gasteiger partial charge < -0.3 is 5.11 Å². The van der Waals surface area contributed by atoms with E-state index in [0.717, 1.165) is 5.57 Å². The van der Waals surface area contributed by atoms with Crippen LogP contribution in [-0.2, 0) is 19.2 Å². The average molecular weight is 487 g/mol. The maximum atomic E-state index is 14.1. The van der Waals surface area contributed by atoms with E-state index < -0.39 is 46.8 Å². The number of fused-ring (bicyclic) bond motifs is 4. The first-order chi connectivity index (χ1) is 17.2. The van der Waals surface area contributed by atoms with E-state index in [-0.39, 0.29) is 35.5 Å². The number of amides is 4. The van der Waals surface area contributed by atoms with Gasteiger partial charge in [-0.25, -0.2) is 4.90 Å². The van der Waals surface area contributed by atoms with Crippen LogP contribution in [0.1, 0.15) is 36.8 Å². The Balaban J connectivity index is 1.57. The summed E-state index contributed by atoms with van der Waals surface area (Å²) in [6, 6.07) is 14.1. The number of hydrogen-bond donors (Lipinski definition) is 2. The Morgan fingerprint density at radius 2 is 1.64 bits per heavy atom. The Bertz CT molecular complexity index is 1370.